The first-order valence-electron chi connectivity index (χ1n) is 4.69. The number of carboxylic acid groups (broad SMARTS) is 1. The Morgan fingerprint density at radius 2 is 2.19 bits per heavy atom. The van der Waals surface area contributed by atoms with E-state index >= 15 is 0 Å². The van der Waals surface area contributed by atoms with Gasteiger partial charge >= 0.3 is 5.97 Å². The van der Waals surface area contributed by atoms with Gasteiger partial charge in [-0.25, -0.2) is 4.39 Å². The van der Waals surface area contributed by atoms with Gasteiger partial charge in [0, 0.05) is 17.0 Å². The third-order valence-corrected chi connectivity index (χ3v) is 2.51. The van der Waals surface area contributed by atoms with Crippen LogP contribution in [-0.2, 0) is 11.2 Å². The largest absolute Gasteiger partial charge is 0.481 e. The highest BCUT2D eigenvalue weighted by atomic mass is 35.5. The van der Waals surface area contributed by atoms with Crippen LogP contribution in [0.15, 0.2) is 18.2 Å². The maximum absolute atomic E-state index is 13.4. The fraction of sp³-hybridized carbons (Fsp3) is 0.364. The van der Waals surface area contributed by atoms with Gasteiger partial charge in [-0.05, 0) is 19.1 Å². The van der Waals surface area contributed by atoms with E-state index in [1.165, 1.54) is 25.1 Å². The van der Waals surface area contributed by atoms with Crippen molar-refractivity contribution in [1.82, 2.24) is 0 Å². The van der Waals surface area contributed by atoms with Crippen LogP contribution >= 0.6 is 11.6 Å². The second-order valence-corrected chi connectivity index (χ2v) is 4.35. The van der Waals surface area contributed by atoms with E-state index < -0.39 is 23.8 Å². The molecule has 3 nitrogen and oxygen atoms in total. The normalized spacial score (nSPS) is 14.5. The number of hydrogen-bond donors (Lipinski definition) is 2. The Balaban J connectivity index is 2.91. The summed E-state index contributed by atoms with van der Waals surface area (Å²) in [5, 5.41) is 18.5. The van der Waals surface area contributed by atoms with Crippen molar-refractivity contribution in [2.75, 3.05) is 0 Å². The highest BCUT2D eigenvalue weighted by molar-refractivity contribution is 6.31. The average molecular weight is 247 g/mol. The van der Waals surface area contributed by atoms with Gasteiger partial charge in [0.25, 0.3) is 0 Å². The molecule has 0 aliphatic carbocycles. The van der Waals surface area contributed by atoms with Gasteiger partial charge in [-0.1, -0.05) is 17.7 Å². The molecule has 1 rings (SSSR count). The fourth-order valence-electron chi connectivity index (χ4n) is 1.47. The van der Waals surface area contributed by atoms with Crippen LogP contribution in [0.2, 0.25) is 5.02 Å². The molecule has 1 aromatic carbocycles. The molecule has 0 saturated heterocycles. The van der Waals surface area contributed by atoms with Crippen molar-refractivity contribution in [2.24, 2.45) is 0 Å². The third kappa shape index (κ3) is 3.47. The molecule has 0 aromatic heterocycles. The summed E-state index contributed by atoms with van der Waals surface area (Å²) in [6.45, 7) is 1.34. The molecule has 1 unspecified atom stereocenters. The Kier molecular flexibility index (Phi) is 3.88. The zero-order chi connectivity index (χ0) is 12.3. The Labute approximate surface area is 97.5 Å². The van der Waals surface area contributed by atoms with E-state index in [4.69, 9.17) is 16.7 Å². The van der Waals surface area contributed by atoms with E-state index in [1.807, 2.05) is 0 Å². The van der Waals surface area contributed by atoms with Crippen molar-refractivity contribution in [3.63, 3.8) is 0 Å². The molecule has 1 atom stereocenters. The van der Waals surface area contributed by atoms with Gasteiger partial charge in [0.15, 0.2) is 0 Å². The van der Waals surface area contributed by atoms with Gasteiger partial charge in [-0.2, -0.15) is 0 Å². The minimum atomic E-state index is -1.52. The zero-order valence-electron chi connectivity index (χ0n) is 8.70. The molecular weight excluding hydrogens is 235 g/mol. The van der Waals surface area contributed by atoms with Crippen molar-refractivity contribution < 1.29 is 19.4 Å². The molecule has 5 heteroatoms. The van der Waals surface area contributed by atoms with Gasteiger partial charge in [0.05, 0.1) is 12.0 Å². The van der Waals surface area contributed by atoms with E-state index in [9.17, 15) is 14.3 Å². The highest BCUT2D eigenvalue weighted by Gasteiger charge is 2.26. The second-order valence-electron chi connectivity index (χ2n) is 3.94. The smallest absolute Gasteiger partial charge is 0.306 e. The van der Waals surface area contributed by atoms with E-state index in [2.05, 4.69) is 0 Å². The first-order valence-corrected chi connectivity index (χ1v) is 5.07. The Morgan fingerprint density at radius 3 is 2.69 bits per heavy atom. The molecule has 1 aromatic rings. The van der Waals surface area contributed by atoms with Crippen molar-refractivity contribution in [3.8, 4) is 0 Å². The van der Waals surface area contributed by atoms with E-state index in [0.717, 1.165) is 0 Å². The standard InChI is InChI=1S/C11H12ClFO3/c1-11(16,6-10(14)15)5-7-8(12)3-2-4-9(7)13/h2-4,16H,5-6H2,1H3,(H,14,15). The van der Waals surface area contributed by atoms with E-state index in [-0.39, 0.29) is 17.0 Å². The molecule has 0 saturated carbocycles. The van der Waals surface area contributed by atoms with E-state index in [1.54, 1.807) is 0 Å². The molecule has 0 fully saturated rings. The summed E-state index contributed by atoms with van der Waals surface area (Å²) in [6, 6.07) is 4.17. The molecule has 0 aliphatic rings. The number of aliphatic hydroxyl groups is 1. The van der Waals surface area contributed by atoms with Crippen LogP contribution in [0.4, 0.5) is 4.39 Å². The van der Waals surface area contributed by atoms with Gasteiger partial charge in [0.1, 0.15) is 5.82 Å². The monoisotopic (exact) mass is 246 g/mol. The van der Waals surface area contributed by atoms with Crippen LogP contribution in [-0.4, -0.2) is 21.8 Å². The maximum atomic E-state index is 13.4. The number of rotatable bonds is 4. The van der Waals surface area contributed by atoms with Gasteiger partial charge in [-0.15, -0.1) is 0 Å². The summed E-state index contributed by atoms with van der Waals surface area (Å²) in [4.78, 5) is 10.5. The number of halogens is 2. The molecule has 0 amide bonds. The molecule has 88 valence electrons. The van der Waals surface area contributed by atoms with Crippen LogP contribution in [0.5, 0.6) is 0 Å². The van der Waals surface area contributed by atoms with Crippen molar-refractivity contribution in [2.45, 2.75) is 25.4 Å². The number of hydrogen-bond acceptors (Lipinski definition) is 2. The summed E-state index contributed by atoms with van der Waals surface area (Å²) in [6.07, 6.45) is -0.595. The van der Waals surface area contributed by atoms with Gasteiger partial charge in [0.2, 0.25) is 0 Å². The molecular formula is C11H12ClFO3. The van der Waals surface area contributed by atoms with Crippen molar-refractivity contribution >= 4 is 17.6 Å². The van der Waals surface area contributed by atoms with E-state index in [0.29, 0.717) is 0 Å². The number of carbonyl (C=O) groups is 1. The summed E-state index contributed by atoms with van der Waals surface area (Å²) >= 11 is 5.77. The molecule has 16 heavy (non-hydrogen) atoms. The minimum absolute atomic E-state index is 0.134. The maximum Gasteiger partial charge on any atom is 0.306 e. The fourth-order valence-corrected chi connectivity index (χ4v) is 1.70. The lowest BCUT2D eigenvalue weighted by atomic mass is 9.93. The summed E-state index contributed by atoms with van der Waals surface area (Å²) < 4.78 is 13.4. The molecule has 0 radical (unpaired) electrons. The number of benzene rings is 1. The lowest BCUT2D eigenvalue weighted by Crippen LogP contribution is -2.31. The SMILES string of the molecule is CC(O)(CC(=O)O)Cc1c(F)cccc1Cl. The first kappa shape index (κ1) is 12.9. The minimum Gasteiger partial charge on any atom is -0.481 e. The molecule has 0 heterocycles. The van der Waals surface area contributed by atoms with Crippen molar-refractivity contribution in [1.29, 1.82) is 0 Å². The lowest BCUT2D eigenvalue weighted by Gasteiger charge is -2.21. The molecule has 0 aliphatic heterocycles. The van der Waals surface area contributed by atoms with Gasteiger partial charge in [-0.3, -0.25) is 4.79 Å². The Morgan fingerprint density at radius 1 is 1.56 bits per heavy atom. The van der Waals surface area contributed by atoms with Crippen LogP contribution < -0.4 is 0 Å². The van der Waals surface area contributed by atoms with Gasteiger partial charge < -0.3 is 10.2 Å². The zero-order valence-corrected chi connectivity index (χ0v) is 9.46. The Bertz CT molecular complexity index is 384. The summed E-state index contributed by atoms with van der Waals surface area (Å²) in [5.41, 5.74) is -1.38. The average Bonchev–Trinajstić information content (AvgIpc) is 2.09. The molecule has 0 bridgehead atoms. The first-order chi connectivity index (χ1) is 7.32. The quantitative estimate of drug-likeness (QED) is 0.857. The van der Waals surface area contributed by atoms with Crippen LogP contribution in [0.1, 0.15) is 18.9 Å². The predicted molar refractivity (Wildman–Crippen MR) is 58.0 cm³/mol. The summed E-state index contributed by atoms with van der Waals surface area (Å²) in [7, 11) is 0. The predicted octanol–water partition coefficient (Wildman–Crippen LogP) is 2.25. The molecule has 2 N–H and O–H groups in total. The van der Waals surface area contributed by atoms with Crippen LogP contribution in [0, 0.1) is 5.82 Å². The Hall–Kier alpha value is -1.13. The number of aliphatic carboxylic acids is 1. The molecule has 0 spiro atoms. The van der Waals surface area contributed by atoms with Crippen LogP contribution in [0.3, 0.4) is 0 Å². The topological polar surface area (TPSA) is 57.5 Å². The summed E-state index contributed by atoms with van der Waals surface area (Å²) in [5.74, 6) is -1.68. The lowest BCUT2D eigenvalue weighted by molar-refractivity contribution is -0.141. The highest BCUT2D eigenvalue weighted by Crippen LogP contribution is 2.25. The third-order valence-electron chi connectivity index (χ3n) is 2.15. The van der Waals surface area contributed by atoms with Crippen molar-refractivity contribution in [3.05, 3.63) is 34.6 Å². The number of carboxylic acids is 1. The van der Waals surface area contributed by atoms with Crippen LogP contribution in [0.25, 0.3) is 0 Å². The second kappa shape index (κ2) is 4.80.